The van der Waals surface area contributed by atoms with E-state index in [-0.39, 0.29) is 5.75 Å². The van der Waals surface area contributed by atoms with Crippen molar-refractivity contribution >= 4 is 34.0 Å². The average molecular weight is 541 g/mol. The Morgan fingerprint density at radius 1 is 0.914 bits per heavy atom. The molecule has 0 radical (unpaired) electrons. The summed E-state index contributed by atoms with van der Waals surface area (Å²) in [5, 5.41) is 4.01. The third kappa shape index (κ3) is 7.07. The maximum atomic E-state index is 12.6. The van der Waals surface area contributed by atoms with E-state index in [2.05, 4.69) is 26.5 Å². The predicted molar refractivity (Wildman–Crippen MR) is 136 cm³/mol. The van der Waals surface area contributed by atoms with Gasteiger partial charge in [-0.05, 0) is 67.1 Å². The zero-order valence-corrected chi connectivity index (χ0v) is 21.1. The van der Waals surface area contributed by atoms with Crippen molar-refractivity contribution in [2.45, 2.75) is 13.3 Å². The highest BCUT2D eigenvalue weighted by atomic mass is 79.9. The van der Waals surface area contributed by atoms with Crippen molar-refractivity contribution < 1.29 is 28.5 Å². The summed E-state index contributed by atoms with van der Waals surface area (Å²) in [6.07, 6.45) is 2.29. The first-order valence-electron chi connectivity index (χ1n) is 10.7. The van der Waals surface area contributed by atoms with Gasteiger partial charge >= 0.3 is 5.97 Å². The quantitative estimate of drug-likeness (QED) is 0.163. The largest absolute Gasteiger partial charge is 0.494 e. The first-order valence-corrected chi connectivity index (χ1v) is 11.5. The molecule has 0 bridgehead atoms. The molecule has 0 heterocycles. The molecule has 0 aliphatic heterocycles. The molecule has 3 rings (SSSR count). The van der Waals surface area contributed by atoms with Gasteiger partial charge in [0.15, 0.2) is 11.5 Å². The molecule has 3 aromatic carbocycles. The van der Waals surface area contributed by atoms with E-state index in [1.807, 2.05) is 6.92 Å². The van der Waals surface area contributed by atoms with Crippen LogP contribution in [0.15, 0.2) is 70.2 Å². The Hall–Kier alpha value is -3.85. The lowest BCUT2D eigenvalue weighted by atomic mass is 10.2. The van der Waals surface area contributed by atoms with E-state index >= 15 is 0 Å². The second kappa shape index (κ2) is 12.6. The van der Waals surface area contributed by atoms with Crippen LogP contribution in [0.4, 0.5) is 0 Å². The number of hydrogen-bond donors (Lipinski definition) is 1. The smallest absolute Gasteiger partial charge is 0.343 e. The summed E-state index contributed by atoms with van der Waals surface area (Å²) in [5.41, 5.74) is 3.66. The molecule has 0 aliphatic carbocycles. The van der Waals surface area contributed by atoms with Crippen LogP contribution in [0.1, 0.15) is 39.6 Å². The van der Waals surface area contributed by atoms with Crippen molar-refractivity contribution in [1.29, 1.82) is 0 Å². The molecule has 0 saturated heterocycles. The van der Waals surface area contributed by atoms with Crippen LogP contribution in [-0.2, 0) is 0 Å². The van der Waals surface area contributed by atoms with Gasteiger partial charge in [0, 0.05) is 15.6 Å². The molecule has 0 fully saturated rings. The highest BCUT2D eigenvalue weighted by Gasteiger charge is 2.13. The van der Waals surface area contributed by atoms with Crippen molar-refractivity contribution in [3.8, 4) is 23.0 Å². The zero-order chi connectivity index (χ0) is 25.2. The highest BCUT2D eigenvalue weighted by molar-refractivity contribution is 9.10. The van der Waals surface area contributed by atoms with Gasteiger partial charge in [0.05, 0.1) is 32.6 Å². The van der Waals surface area contributed by atoms with Gasteiger partial charge in [-0.3, -0.25) is 4.79 Å². The number of benzene rings is 3. The van der Waals surface area contributed by atoms with E-state index in [0.717, 1.165) is 10.9 Å². The third-order valence-corrected chi connectivity index (χ3v) is 5.25. The van der Waals surface area contributed by atoms with Gasteiger partial charge in [-0.15, -0.1) is 0 Å². The summed E-state index contributed by atoms with van der Waals surface area (Å²) >= 11 is 3.39. The molecule has 9 heteroatoms. The van der Waals surface area contributed by atoms with Crippen molar-refractivity contribution in [2.75, 3.05) is 20.8 Å². The number of nitrogens with one attached hydrogen (secondary N) is 1. The van der Waals surface area contributed by atoms with E-state index in [1.54, 1.807) is 60.7 Å². The van der Waals surface area contributed by atoms with Gasteiger partial charge in [0.1, 0.15) is 11.5 Å². The molecule has 0 saturated carbocycles. The summed E-state index contributed by atoms with van der Waals surface area (Å²) in [6.45, 7) is 2.63. The second-order valence-electron chi connectivity index (χ2n) is 7.21. The summed E-state index contributed by atoms with van der Waals surface area (Å²) in [7, 11) is 3.00. The molecule has 0 aromatic heterocycles. The van der Waals surface area contributed by atoms with E-state index in [4.69, 9.17) is 18.9 Å². The zero-order valence-electron chi connectivity index (χ0n) is 19.5. The number of esters is 1. The number of carbonyl (C=O) groups is 2. The van der Waals surface area contributed by atoms with Crippen LogP contribution in [0, 0.1) is 0 Å². The Balaban J connectivity index is 1.70. The van der Waals surface area contributed by atoms with Crippen LogP contribution in [0.3, 0.4) is 0 Å². The van der Waals surface area contributed by atoms with Gasteiger partial charge in [-0.2, -0.15) is 5.10 Å². The topological polar surface area (TPSA) is 95.5 Å². The maximum Gasteiger partial charge on any atom is 0.343 e. The molecule has 182 valence electrons. The lowest BCUT2D eigenvalue weighted by molar-refractivity contribution is 0.0734. The first kappa shape index (κ1) is 25.8. The predicted octanol–water partition coefficient (Wildman–Crippen LogP) is 5.24. The lowest BCUT2D eigenvalue weighted by Gasteiger charge is -2.10. The Kier molecular flexibility index (Phi) is 9.25. The summed E-state index contributed by atoms with van der Waals surface area (Å²) < 4.78 is 22.3. The van der Waals surface area contributed by atoms with Crippen molar-refractivity contribution in [3.63, 3.8) is 0 Å². The van der Waals surface area contributed by atoms with Crippen LogP contribution >= 0.6 is 15.9 Å². The minimum atomic E-state index is -0.529. The lowest BCUT2D eigenvalue weighted by Crippen LogP contribution is -2.18. The van der Waals surface area contributed by atoms with E-state index in [9.17, 15) is 9.59 Å². The Morgan fingerprint density at radius 3 is 2.29 bits per heavy atom. The number of hydrogen-bond acceptors (Lipinski definition) is 7. The molecule has 8 nitrogen and oxygen atoms in total. The normalized spacial score (nSPS) is 10.6. The molecule has 1 amide bonds. The number of hydrazone groups is 1. The van der Waals surface area contributed by atoms with Crippen LogP contribution < -0.4 is 24.4 Å². The van der Waals surface area contributed by atoms with Gasteiger partial charge in [-0.1, -0.05) is 22.9 Å². The maximum absolute atomic E-state index is 12.6. The average Bonchev–Trinajstić information content (AvgIpc) is 2.88. The number of carbonyl (C=O) groups excluding carboxylic acids is 2. The Labute approximate surface area is 212 Å². The van der Waals surface area contributed by atoms with Crippen molar-refractivity contribution in [3.05, 3.63) is 81.8 Å². The minimum absolute atomic E-state index is 0.286. The standard InChI is InChI=1S/C26H25BrN2O6/c1-4-13-34-21-9-5-17(6-10-21)26(31)35-22-12-8-20(27)14-19(22)16-28-29-25(30)18-7-11-23(32-2)24(15-18)33-3/h5-12,14-16H,4,13H2,1-3H3,(H,29,30). The molecular weight excluding hydrogens is 516 g/mol. The summed E-state index contributed by atoms with van der Waals surface area (Å²) in [5.74, 6) is 0.935. The Morgan fingerprint density at radius 2 is 1.60 bits per heavy atom. The van der Waals surface area contributed by atoms with E-state index < -0.39 is 11.9 Å². The number of nitrogens with zero attached hydrogens (tertiary/aromatic N) is 1. The fraction of sp³-hybridized carbons (Fsp3) is 0.192. The monoisotopic (exact) mass is 540 g/mol. The molecule has 0 aliphatic rings. The first-order chi connectivity index (χ1) is 16.9. The second-order valence-corrected chi connectivity index (χ2v) is 8.13. The fourth-order valence-corrected chi connectivity index (χ4v) is 3.36. The summed E-state index contributed by atoms with van der Waals surface area (Å²) in [4.78, 5) is 25.1. The van der Waals surface area contributed by atoms with Crippen LogP contribution in [0.25, 0.3) is 0 Å². The molecule has 1 N–H and O–H groups in total. The molecule has 0 unspecified atom stereocenters. The summed E-state index contributed by atoms with van der Waals surface area (Å²) in [6, 6.07) is 16.6. The molecular formula is C26H25BrN2O6. The third-order valence-electron chi connectivity index (χ3n) is 4.75. The van der Waals surface area contributed by atoms with E-state index in [1.165, 1.54) is 20.4 Å². The van der Waals surface area contributed by atoms with E-state index in [0.29, 0.717) is 40.5 Å². The minimum Gasteiger partial charge on any atom is -0.494 e. The number of ether oxygens (including phenoxy) is 4. The van der Waals surface area contributed by atoms with Crippen molar-refractivity contribution in [2.24, 2.45) is 5.10 Å². The SMILES string of the molecule is CCCOc1ccc(C(=O)Oc2ccc(Br)cc2C=NNC(=O)c2ccc(OC)c(OC)c2)cc1. The number of amides is 1. The van der Waals surface area contributed by atoms with Gasteiger partial charge < -0.3 is 18.9 Å². The number of halogens is 1. The van der Waals surface area contributed by atoms with Crippen LogP contribution in [-0.4, -0.2) is 38.9 Å². The molecule has 35 heavy (non-hydrogen) atoms. The number of methoxy groups -OCH3 is 2. The molecule has 0 spiro atoms. The van der Waals surface area contributed by atoms with Crippen LogP contribution in [0.2, 0.25) is 0 Å². The van der Waals surface area contributed by atoms with Crippen molar-refractivity contribution in [1.82, 2.24) is 5.43 Å². The van der Waals surface area contributed by atoms with Gasteiger partial charge in [-0.25, -0.2) is 10.2 Å². The Bertz CT molecular complexity index is 1210. The van der Waals surface area contributed by atoms with Gasteiger partial charge in [0.25, 0.3) is 5.91 Å². The molecule has 3 aromatic rings. The highest BCUT2D eigenvalue weighted by Crippen LogP contribution is 2.27. The van der Waals surface area contributed by atoms with Gasteiger partial charge in [0.2, 0.25) is 0 Å². The fourth-order valence-electron chi connectivity index (χ4n) is 2.98. The van der Waals surface area contributed by atoms with Crippen LogP contribution in [0.5, 0.6) is 23.0 Å². The molecule has 0 atom stereocenters. The number of rotatable bonds is 10.